The molecule has 0 bridgehead atoms. The fraction of sp³-hybridized carbons (Fsp3) is 0.429. The Morgan fingerprint density at radius 1 is 1.44 bits per heavy atom. The van der Waals surface area contributed by atoms with Crippen LogP contribution in [0.4, 0.5) is 0 Å². The molecule has 9 heavy (non-hydrogen) atoms. The molecule has 0 radical (unpaired) electrons. The van der Waals surface area contributed by atoms with Gasteiger partial charge in [-0.1, -0.05) is 30.9 Å². The summed E-state index contributed by atoms with van der Waals surface area (Å²) in [6, 6.07) is 0. The summed E-state index contributed by atoms with van der Waals surface area (Å²) in [6.07, 6.45) is 3.85. The zero-order valence-electron chi connectivity index (χ0n) is 6.86. The zero-order chi connectivity index (χ0) is 6.99. The molecule has 0 amide bonds. The van der Waals surface area contributed by atoms with Crippen molar-refractivity contribution in [2.75, 3.05) is 0 Å². The number of allylic oxidation sites excluding steroid dienone is 3. The third-order valence-corrected chi connectivity index (χ3v) is 0.777. The van der Waals surface area contributed by atoms with Gasteiger partial charge >= 0.3 is 21.7 Å². The molecule has 0 aromatic rings. The van der Waals surface area contributed by atoms with Crippen molar-refractivity contribution in [1.82, 2.24) is 0 Å². The molecule has 0 aliphatic heterocycles. The fourth-order valence-corrected chi connectivity index (χ4v) is 0.118. The number of rotatable bonds is 1. The van der Waals surface area contributed by atoms with E-state index >= 15 is 0 Å². The molecule has 0 nitrogen and oxygen atoms in total. The topological polar surface area (TPSA) is 0 Å². The molecule has 0 N–H and O–H groups in total. The maximum absolute atomic E-state index is 3.56. The van der Waals surface area contributed by atoms with Gasteiger partial charge in [-0.2, -0.15) is 0 Å². The maximum atomic E-state index is 3.56. The molecule has 0 aliphatic carbocycles. The van der Waals surface area contributed by atoms with Crippen molar-refractivity contribution in [3.63, 3.8) is 0 Å². The second-order valence-corrected chi connectivity index (χ2v) is 1.24. The van der Waals surface area contributed by atoms with Crippen LogP contribution in [0.5, 0.6) is 0 Å². The minimum absolute atomic E-state index is 0. The van der Waals surface area contributed by atoms with Crippen molar-refractivity contribution in [1.29, 1.82) is 0 Å². The Hall–Kier alpha value is 0.411. The van der Waals surface area contributed by atoms with Crippen molar-refractivity contribution >= 4 is 10.2 Å². The molecule has 0 heterocycles. The average molecular weight is 176 g/mol. The van der Waals surface area contributed by atoms with Crippen LogP contribution in [0.2, 0.25) is 6.55 Å². The Balaban J connectivity index is -0.000000109. The Morgan fingerprint density at radius 2 is 1.78 bits per heavy atom. The van der Waals surface area contributed by atoms with Gasteiger partial charge in [0.15, 0.2) is 0 Å². The Morgan fingerprint density at radius 3 is 1.78 bits per heavy atom. The van der Waals surface area contributed by atoms with Crippen LogP contribution >= 0.6 is 0 Å². The predicted octanol–water partition coefficient (Wildman–Crippen LogP) is 1.54. The summed E-state index contributed by atoms with van der Waals surface area (Å²) in [7, 11) is 1.31. The standard InChI is InChI=1S/C6H10.CH6Si.Ti/c1-4-6(3)5-2;1-2;/h4-5H,1H2,2-3H3;1-2H3;/q;;+2. The van der Waals surface area contributed by atoms with Crippen LogP contribution in [0.1, 0.15) is 13.8 Å². The van der Waals surface area contributed by atoms with E-state index in [1.807, 2.05) is 26.0 Å². The molecule has 0 unspecified atom stereocenters. The molecule has 2 heteroatoms. The van der Waals surface area contributed by atoms with Gasteiger partial charge in [0.2, 0.25) is 0 Å². The minimum Gasteiger partial charge on any atom is -0.0988 e. The van der Waals surface area contributed by atoms with Crippen molar-refractivity contribution in [3.05, 3.63) is 24.3 Å². The summed E-state index contributed by atoms with van der Waals surface area (Å²) in [4.78, 5) is 0. The first kappa shape index (κ1) is 16.2. The second kappa shape index (κ2) is 15.8. The average Bonchev–Trinajstić information content (AvgIpc) is 1.91. The molecular formula is C7H16SiTi+2. The first-order valence-corrected chi connectivity index (χ1v) is 5.06. The monoisotopic (exact) mass is 176 g/mol. The summed E-state index contributed by atoms with van der Waals surface area (Å²) in [5, 5.41) is 0. The van der Waals surface area contributed by atoms with E-state index in [4.69, 9.17) is 0 Å². The maximum Gasteiger partial charge on any atom is 2.00 e. The van der Waals surface area contributed by atoms with Crippen molar-refractivity contribution < 1.29 is 21.7 Å². The number of hydrogen-bond acceptors (Lipinski definition) is 0. The largest absolute Gasteiger partial charge is 2.00 e. The van der Waals surface area contributed by atoms with Gasteiger partial charge in [-0.3, -0.25) is 0 Å². The van der Waals surface area contributed by atoms with Crippen LogP contribution in [-0.4, -0.2) is 10.2 Å². The molecule has 0 spiro atoms. The van der Waals surface area contributed by atoms with E-state index in [2.05, 4.69) is 13.1 Å². The molecule has 0 fully saturated rings. The van der Waals surface area contributed by atoms with E-state index in [1.54, 1.807) is 0 Å². The fourth-order valence-electron chi connectivity index (χ4n) is 0.118. The van der Waals surface area contributed by atoms with Crippen LogP contribution in [0.3, 0.4) is 0 Å². The molecule has 0 atom stereocenters. The van der Waals surface area contributed by atoms with Crippen molar-refractivity contribution in [3.8, 4) is 0 Å². The van der Waals surface area contributed by atoms with E-state index in [0.717, 1.165) is 0 Å². The van der Waals surface area contributed by atoms with Crippen molar-refractivity contribution in [2.45, 2.75) is 20.4 Å². The molecule has 0 saturated carbocycles. The smallest absolute Gasteiger partial charge is 0.0988 e. The Labute approximate surface area is 76.7 Å². The van der Waals surface area contributed by atoms with E-state index in [-0.39, 0.29) is 21.7 Å². The Bertz CT molecular complexity index is 77.0. The van der Waals surface area contributed by atoms with Crippen molar-refractivity contribution in [2.24, 2.45) is 0 Å². The minimum atomic E-state index is 0. The summed E-state index contributed by atoms with van der Waals surface area (Å²) in [5.74, 6) is 0. The summed E-state index contributed by atoms with van der Waals surface area (Å²) in [5.41, 5.74) is 1.23. The zero-order valence-corrected chi connectivity index (χ0v) is 10.4. The van der Waals surface area contributed by atoms with Crippen LogP contribution in [-0.2, 0) is 21.7 Å². The van der Waals surface area contributed by atoms with Gasteiger partial charge in [-0.15, -0.1) is 0 Å². The molecular weight excluding hydrogens is 160 g/mol. The normalized spacial score (nSPS) is 8.56. The van der Waals surface area contributed by atoms with E-state index in [0.29, 0.717) is 0 Å². The van der Waals surface area contributed by atoms with E-state index < -0.39 is 0 Å². The molecule has 0 rings (SSSR count). The van der Waals surface area contributed by atoms with Gasteiger partial charge in [0.25, 0.3) is 0 Å². The third-order valence-electron chi connectivity index (χ3n) is 0.777. The van der Waals surface area contributed by atoms with E-state index in [9.17, 15) is 0 Å². The van der Waals surface area contributed by atoms with Crippen LogP contribution in [0, 0.1) is 0 Å². The molecule has 0 aromatic carbocycles. The van der Waals surface area contributed by atoms with Gasteiger partial charge in [-0.25, -0.2) is 0 Å². The molecule has 0 aromatic heterocycles. The van der Waals surface area contributed by atoms with Crippen LogP contribution < -0.4 is 0 Å². The number of hydrogen-bond donors (Lipinski definition) is 0. The summed E-state index contributed by atoms with van der Waals surface area (Å²) < 4.78 is 0. The summed E-state index contributed by atoms with van der Waals surface area (Å²) >= 11 is 0. The first-order chi connectivity index (χ1) is 3.81. The third kappa shape index (κ3) is 17.8. The van der Waals surface area contributed by atoms with Crippen LogP contribution in [0.25, 0.3) is 0 Å². The SMILES string of the molecule is C=CC(C)=CC.C[SiH3].[Ti+2]. The summed E-state index contributed by atoms with van der Waals surface area (Å²) in [6.45, 7) is 9.72. The van der Waals surface area contributed by atoms with Gasteiger partial charge < -0.3 is 0 Å². The van der Waals surface area contributed by atoms with Gasteiger partial charge in [0.1, 0.15) is 0 Å². The molecule has 0 saturated heterocycles. The van der Waals surface area contributed by atoms with Gasteiger partial charge in [0, 0.05) is 0 Å². The van der Waals surface area contributed by atoms with Gasteiger partial charge in [-0.05, 0) is 24.1 Å². The van der Waals surface area contributed by atoms with Crippen LogP contribution in [0.15, 0.2) is 24.3 Å². The first-order valence-electron chi connectivity index (χ1n) is 3.06. The quantitative estimate of drug-likeness (QED) is 0.420. The molecule has 0 aliphatic rings. The molecule has 50 valence electrons. The predicted molar refractivity (Wildman–Crippen MR) is 45.4 cm³/mol. The van der Waals surface area contributed by atoms with Gasteiger partial charge in [0.05, 0.1) is 0 Å². The Kier molecular flexibility index (Phi) is 28.4. The second-order valence-electron chi connectivity index (χ2n) is 1.24. The van der Waals surface area contributed by atoms with E-state index in [1.165, 1.54) is 15.8 Å².